The first-order chi connectivity index (χ1) is 28.3. The van der Waals surface area contributed by atoms with Crippen LogP contribution in [0.25, 0.3) is 0 Å². The molecule has 0 saturated heterocycles. The van der Waals surface area contributed by atoms with Crippen molar-refractivity contribution in [1.82, 2.24) is 31.9 Å². The highest BCUT2D eigenvalue weighted by Gasteiger charge is 2.34. The van der Waals surface area contributed by atoms with Crippen molar-refractivity contribution >= 4 is 71.2 Å². The molecule has 1 rings (SSSR count). The van der Waals surface area contributed by atoms with Gasteiger partial charge >= 0.3 is 29.8 Å². The van der Waals surface area contributed by atoms with Gasteiger partial charge in [0, 0.05) is 19.8 Å². The highest BCUT2D eigenvalue weighted by atomic mass is 16.5. The Hall–Kier alpha value is -7.34. The van der Waals surface area contributed by atoms with Crippen LogP contribution >= 0.6 is 0 Å². The Kier molecular flexibility index (Phi) is 20.8. The second kappa shape index (κ2) is 24.6. The van der Waals surface area contributed by atoms with Crippen molar-refractivity contribution in [3.8, 4) is 5.75 Å². The van der Waals surface area contributed by atoms with Gasteiger partial charge in [-0.3, -0.25) is 47.9 Å². The summed E-state index contributed by atoms with van der Waals surface area (Å²) in [4.78, 5) is 148. The number of carboxylic acids is 5. The van der Waals surface area contributed by atoms with Gasteiger partial charge in [0.1, 0.15) is 47.6 Å². The standard InChI is InChI=1S/C36H49N7O18/c1-15(2)9-21(30(37)53)41-34(57)22(11-18-5-7-25(61-14-29(51)52)19(10-18)36(59)60)43-32(55)20(6-8-26(45)46)40-35(58)24(13-28(49)50)42-31(54)16(3)38-33(56)23(12-27(47)48)39-17(4)44/h5,7,10,15-16,20-24H,6,8-9,11-14H2,1-4H3,(H2,37,53)(H,38,56)(H,39,44)(H,40,58)(H,41,57)(H,42,54)(H,43,55)(H,45,46)(H,47,48)(H,49,50)(H,51,52)(H,59,60)/t16?,20?,21?,22-,23?,24?/m0/s1. The van der Waals surface area contributed by atoms with Crippen molar-refractivity contribution in [1.29, 1.82) is 0 Å². The van der Waals surface area contributed by atoms with Crippen LogP contribution in [0.5, 0.6) is 5.75 Å². The topological polar surface area (TPSA) is 413 Å². The van der Waals surface area contributed by atoms with Gasteiger partial charge < -0.3 is 67.9 Å². The molecule has 336 valence electrons. The Bertz CT molecular complexity index is 1850. The molecule has 5 unspecified atom stereocenters. The highest BCUT2D eigenvalue weighted by Crippen LogP contribution is 2.22. The van der Waals surface area contributed by atoms with E-state index in [9.17, 15) is 72.9 Å². The number of rotatable bonds is 27. The molecule has 0 bridgehead atoms. The quantitative estimate of drug-likeness (QED) is 0.0412. The van der Waals surface area contributed by atoms with E-state index in [4.69, 9.17) is 20.7 Å². The molecule has 0 heterocycles. The van der Waals surface area contributed by atoms with Crippen LogP contribution in [0.1, 0.15) is 75.7 Å². The van der Waals surface area contributed by atoms with Crippen LogP contribution in [-0.4, -0.2) is 140 Å². The van der Waals surface area contributed by atoms with E-state index >= 15 is 0 Å². The lowest BCUT2D eigenvalue weighted by atomic mass is 9.99. The molecule has 0 spiro atoms. The average molecular weight is 868 g/mol. The zero-order valence-corrected chi connectivity index (χ0v) is 33.3. The first kappa shape index (κ1) is 51.7. The Labute approximate surface area is 346 Å². The lowest BCUT2D eigenvalue weighted by molar-refractivity contribution is -0.142. The number of aromatic carboxylic acids is 1. The number of aliphatic carboxylic acids is 4. The maximum atomic E-state index is 13.8. The molecule has 0 aliphatic heterocycles. The van der Waals surface area contributed by atoms with Crippen molar-refractivity contribution in [3.63, 3.8) is 0 Å². The third-order valence-electron chi connectivity index (χ3n) is 8.18. The molecule has 0 saturated carbocycles. The van der Waals surface area contributed by atoms with Gasteiger partial charge in [0.05, 0.1) is 12.8 Å². The van der Waals surface area contributed by atoms with Crippen LogP contribution in [0, 0.1) is 5.92 Å². The number of nitrogens with two attached hydrogens (primary N) is 1. The number of ether oxygens (including phenoxy) is 1. The first-order valence-electron chi connectivity index (χ1n) is 18.3. The number of amides is 7. The average Bonchev–Trinajstić information content (AvgIpc) is 3.13. The molecule has 0 aromatic heterocycles. The van der Waals surface area contributed by atoms with Crippen LogP contribution in [0.15, 0.2) is 18.2 Å². The first-order valence-corrected chi connectivity index (χ1v) is 18.3. The molecule has 25 nitrogen and oxygen atoms in total. The molecular formula is C36H49N7O18. The summed E-state index contributed by atoms with van der Waals surface area (Å²) < 4.78 is 5.01. The second-order valence-electron chi connectivity index (χ2n) is 13.9. The number of benzene rings is 1. The molecule has 0 radical (unpaired) electrons. The summed E-state index contributed by atoms with van der Waals surface area (Å²) >= 11 is 0. The molecule has 7 amide bonds. The van der Waals surface area contributed by atoms with Crippen LogP contribution in [0.2, 0.25) is 0 Å². The number of carbonyl (C=O) groups excluding carboxylic acids is 7. The minimum Gasteiger partial charge on any atom is -0.481 e. The van der Waals surface area contributed by atoms with Crippen molar-refractivity contribution < 1.29 is 87.8 Å². The molecule has 61 heavy (non-hydrogen) atoms. The van der Waals surface area contributed by atoms with Gasteiger partial charge in [0.2, 0.25) is 41.4 Å². The summed E-state index contributed by atoms with van der Waals surface area (Å²) in [6.07, 6.45) is -4.00. The molecule has 13 N–H and O–H groups in total. The molecule has 6 atom stereocenters. The molecule has 0 aliphatic rings. The van der Waals surface area contributed by atoms with Gasteiger partial charge in [-0.25, -0.2) is 9.59 Å². The normalized spacial score (nSPS) is 13.7. The Balaban J connectivity index is 3.53. The summed E-state index contributed by atoms with van der Waals surface area (Å²) in [6.45, 7) is 4.58. The summed E-state index contributed by atoms with van der Waals surface area (Å²) in [6, 6.07) is -6.77. The van der Waals surface area contributed by atoms with Crippen molar-refractivity contribution in [3.05, 3.63) is 29.3 Å². The van der Waals surface area contributed by atoms with Crippen molar-refractivity contribution in [2.45, 2.75) is 102 Å². The Morgan fingerprint density at radius 1 is 0.607 bits per heavy atom. The molecule has 0 aliphatic carbocycles. The Morgan fingerprint density at radius 2 is 1.10 bits per heavy atom. The van der Waals surface area contributed by atoms with E-state index in [1.54, 1.807) is 13.8 Å². The van der Waals surface area contributed by atoms with E-state index in [1.165, 1.54) is 6.07 Å². The van der Waals surface area contributed by atoms with Crippen LogP contribution in [-0.2, 0) is 59.2 Å². The molecule has 0 fully saturated rings. The van der Waals surface area contributed by atoms with Gasteiger partial charge in [-0.1, -0.05) is 19.9 Å². The largest absolute Gasteiger partial charge is 0.481 e. The van der Waals surface area contributed by atoms with E-state index in [-0.39, 0.29) is 23.7 Å². The van der Waals surface area contributed by atoms with E-state index in [2.05, 4.69) is 31.9 Å². The number of hydrogen-bond acceptors (Lipinski definition) is 13. The summed E-state index contributed by atoms with van der Waals surface area (Å²) in [7, 11) is 0. The SMILES string of the molecule is CC(=O)NC(CC(=O)O)C(=O)NC(C)C(=O)NC(CC(=O)O)C(=O)NC(CCC(=O)O)C(=O)N[C@@H](Cc1ccc(OCC(=O)O)c(C(=O)O)c1)C(=O)NC(CC(C)C)C(N)=O. The van der Waals surface area contributed by atoms with Gasteiger partial charge in [-0.2, -0.15) is 0 Å². The van der Waals surface area contributed by atoms with Gasteiger partial charge in [-0.15, -0.1) is 0 Å². The predicted molar refractivity (Wildman–Crippen MR) is 203 cm³/mol. The Morgan fingerprint density at radius 3 is 1.59 bits per heavy atom. The zero-order chi connectivity index (χ0) is 46.7. The van der Waals surface area contributed by atoms with E-state index in [1.807, 2.05) is 0 Å². The fraction of sp³-hybridized carbons (Fsp3) is 0.500. The summed E-state index contributed by atoms with van der Waals surface area (Å²) in [5, 5.41) is 59.7. The summed E-state index contributed by atoms with van der Waals surface area (Å²) in [5.41, 5.74) is 4.96. The highest BCUT2D eigenvalue weighted by molar-refractivity contribution is 5.98. The third kappa shape index (κ3) is 19.3. The third-order valence-corrected chi connectivity index (χ3v) is 8.18. The summed E-state index contributed by atoms with van der Waals surface area (Å²) in [5.74, 6) is -15.9. The monoisotopic (exact) mass is 867 g/mol. The van der Waals surface area contributed by atoms with Gasteiger partial charge in [-0.05, 0) is 43.4 Å². The maximum absolute atomic E-state index is 13.8. The second-order valence-corrected chi connectivity index (χ2v) is 13.9. The van der Waals surface area contributed by atoms with Crippen molar-refractivity contribution in [2.75, 3.05) is 6.61 Å². The number of nitrogens with one attached hydrogen (secondary N) is 6. The zero-order valence-electron chi connectivity index (χ0n) is 33.3. The lowest BCUT2D eigenvalue weighted by Gasteiger charge is -2.27. The fourth-order valence-corrected chi connectivity index (χ4v) is 5.34. The lowest BCUT2D eigenvalue weighted by Crippen LogP contribution is -2.60. The predicted octanol–water partition coefficient (Wildman–Crippen LogP) is -3.32. The van der Waals surface area contributed by atoms with E-state index < -0.39 is 152 Å². The fourth-order valence-electron chi connectivity index (χ4n) is 5.34. The smallest absolute Gasteiger partial charge is 0.341 e. The number of hydrogen-bond donors (Lipinski definition) is 12. The molecule has 25 heteroatoms. The van der Waals surface area contributed by atoms with Gasteiger partial charge in [0.25, 0.3) is 0 Å². The molecular weight excluding hydrogens is 818 g/mol. The van der Waals surface area contributed by atoms with Gasteiger partial charge in [0.15, 0.2) is 6.61 Å². The molecule has 1 aromatic rings. The number of primary amides is 1. The number of carbonyl (C=O) groups is 12. The molecule has 1 aromatic carbocycles. The van der Waals surface area contributed by atoms with Crippen LogP contribution < -0.4 is 42.4 Å². The van der Waals surface area contributed by atoms with E-state index in [0.717, 1.165) is 26.0 Å². The van der Waals surface area contributed by atoms with Crippen LogP contribution in [0.3, 0.4) is 0 Å². The van der Waals surface area contributed by atoms with Crippen molar-refractivity contribution in [2.24, 2.45) is 11.7 Å². The van der Waals surface area contributed by atoms with E-state index in [0.29, 0.717) is 0 Å². The minimum atomic E-state index is -2.00. The van der Waals surface area contributed by atoms with Crippen LogP contribution in [0.4, 0.5) is 0 Å². The number of carboxylic acid groups (broad SMARTS) is 5. The minimum absolute atomic E-state index is 0.0305. The maximum Gasteiger partial charge on any atom is 0.341 e.